The third-order valence-corrected chi connectivity index (χ3v) is 5.66. The van der Waals surface area contributed by atoms with E-state index in [2.05, 4.69) is 15.6 Å². The van der Waals surface area contributed by atoms with Crippen LogP contribution in [0.15, 0.2) is 48.7 Å². The van der Waals surface area contributed by atoms with Crippen LogP contribution in [-0.2, 0) is 20.8 Å². The van der Waals surface area contributed by atoms with Crippen molar-refractivity contribution < 1.29 is 19.1 Å². The zero-order valence-corrected chi connectivity index (χ0v) is 18.1. The number of benzene rings is 2. The van der Waals surface area contributed by atoms with E-state index in [4.69, 9.17) is 4.74 Å². The third kappa shape index (κ3) is 4.74. The Labute approximate surface area is 185 Å². The summed E-state index contributed by atoms with van der Waals surface area (Å²) < 4.78 is 5.31. The lowest BCUT2D eigenvalue weighted by Crippen LogP contribution is -2.30. The van der Waals surface area contributed by atoms with Crippen molar-refractivity contribution in [1.82, 2.24) is 9.88 Å². The molecule has 8 heteroatoms. The molecule has 166 valence electrons. The van der Waals surface area contributed by atoms with Crippen LogP contribution >= 0.6 is 0 Å². The predicted octanol–water partition coefficient (Wildman–Crippen LogP) is 3.16. The molecule has 32 heavy (non-hydrogen) atoms. The van der Waals surface area contributed by atoms with Gasteiger partial charge in [-0.2, -0.15) is 0 Å². The highest BCUT2D eigenvalue weighted by Crippen LogP contribution is 2.26. The van der Waals surface area contributed by atoms with E-state index in [0.717, 1.165) is 22.2 Å². The van der Waals surface area contributed by atoms with E-state index in [1.807, 2.05) is 24.4 Å². The quantitative estimate of drug-likeness (QED) is 0.531. The molecule has 0 bridgehead atoms. The number of methoxy groups -OCH3 is 1. The summed E-state index contributed by atoms with van der Waals surface area (Å²) in [5, 5.41) is 6.62. The zero-order chi connectivity index (χ0) is 22.7. The summed E-state index contributed by atoms with van der Waals surface area (Å²) in [5.41, 5.74) is 3.32. The van der Waals surface area contributed by atoms with Gasteiger partial charge in [0.2, 0.25) is 17.7 Å². The summed E-state index contributed by atoms with van der Waals surface area (Å²) in [7, 11) is 1.64. The average Bonchev–Trinajstić information content (AvgIpc) is 3.34. The van der Waals surface area contributed by atoms with Gasteiger partial charge in [0.1, 0.15) is 5.75 Å². The van der Waals surface area contributed by atoms with Crippen molar-refractivity contribution in [3.05, 3.63) is 54.2 Å². The Balaban J connectivity index is 1.36. The monoisotopic (exact) mass is 434 g/mol. The second-order valence-electron chi connectivity index (χ2n) is 7.97. The topological polar surface area (TPSA) is 104 Å². The number of H-pyrrole nitrogens is 1. The molecule has 0 aliphatic carbocycles. The molecule has 1 atom stereocenters. The molecule has 2 heterocycles. The molecule has 3 amide bonds. The highest BCUT2D eigenvalue weighted by molar-refractivity contribution is 5.98. The largest absolute Gasteiger partial charge is 0.497 e. The van der Waals surface area contributed by atoms with Crippen LogP contribution in [0.5, 0.6) is 5.75 Å². The van der Waals surface area contributed by atoms with Gasteiger partial charge in [-0.3, -0.25) is 14.4 Å². The van der Waals surface area contributed by atoms with Gasteiger partial charge < -0.3 is 25.3 Å². The number of rotatable bonds is 7. The van der Waals surface area contributed by atoms with Crippen LogP contribution in [0.3, 0.4) is 0 Å². The van der Waals surface area contributed by atoms with E-state index in [0.29, 0.717) is 30.9 Å². The summed E-state index contributed by atoms with van der Waals surface area (Å²) in [4.78, 5) is 41.5. The van der Waals surface area contributed by atoms with E-state index in [-0.39, 0.29) is 24.1 Å². The molecule has 4 rings (SSSR count). The fourth-order valence-corrected chi connectivity index (χ4v) is 4.03. The Hall–Kier alpha value is -3.81. The predicted molar refractivity (Wildman–Crippen MR) is 123 cm³/mol. The lowest BCUT2D eigenvalue weighted by molar-refractivity contribution is -0.128. The summed E-state index contributed by atoms with van der Waals surface area (Å²) in [6.07, 6.45) is 2.84. The number of carbonyl (C=O) groups is 3. The normalized spacial score (nSPS) is 15.8. The Kier molecular flexibility index (Phi) is 6.11. The lowest BCUT2D eigenvalue weighted by atomic mass is 10.1. The van der Waals surface area contributed by atoms with Crippen LogP contribution in [-0.4, -0.2) is 47.8 Å². The van der Waals surface area contributed by atoms with Crippen molar-refractivity contribution in [3.63, 3.8) is 0 Å². The Morgan fingerprint density at radius 2 is 1.94 bits per heavy atom. The van der Waals surface area contributed by atoms with Crippen molar-refractivity contribution in [1.29, 1.82) is 0 Å². The van der Waals surface area contributed by atoms with Crippen LogP contribution in [0.1, 0.15) is 18.9 Å². The maximum absolute atomic E-state index is 12.7. The molecule has 3 aromatic rings. The van der Waals surface area contributed by atoms with Gasteiger partial charge >= 0.3 is 0 Å². The Bertz CT molecular complexity index is 1170. The van der Waals surface area contributed by atoms with Crippen LogP contribution in [0.2, 0.25) is 0 Å². The molecule has 1 fully saturated rings. The van der Waals surface area contributed by atoms with Gasteiger partial charge in [0.25, 0.3) is 0 Å². The minimum Gasteiger partial charge on any atom is -0.497 e. The number of nitrogens with one attached hydrogen (secondary N) is 3. The fourth-order valence-electron chi connectivity index (χ4n) is 4.03. The molecule has 1 unspecified atom stereocenters. The number of nitrogens with zero attached hydrogens (tertiary/aromatic N) is 1. The molecule has 1 aromatic heterocycles. The second kappa shape index (κ2) is 9.13. The molecule has 1 saturated heterocycles. The number of hydrogen-bond acceptors (Lipinski definition) is 4. The molecule has 1 aliphatic heterocycles. The Morgan fingerprint density at radius 3 is 2.69 bits per heavy atom. The molecule has 0 spiro atoms. The SMILES string of the molecule is COc1ccc2[nH]cc(CCN3CC(C(=O)Nc4cccc(NC(C)=O)c4)CC3=O)c2c1. The van der Waals surface area contributed by atoms with Gasteiger partial charge in [-0.1, -0.05) is 6.07 Å². The molecule has 0 radical (unpaired) electrons. The third-order valence-electron chi connectivity index (χ3n) is 5.66. The van der Waals surface area contributed by atoms with E-state index in [9.17, 15) is 14.4 Å². The molecular weight excluding hydrogens is 408 g/mol. The fraction of sp³-hybridized carbons (Fsp3) is 0.292. The van der Waals surface area contributed by atoms with Crippen molar-refractivity contribution in [3.8, 4) is 5.75 Å². The van der Waals surface area contributed by atoms with Gasteiger partial charge in [-0.25, -0.2) is 0 Å². The number of aromatic nitrogens is 1. The van der Waals surface area contributed by atoms with Gasteiger partial charge in [0.05, 0.1) is 13.0 Å². The standard InChI is InChI=1S/C24H26N4O4/c1-15(29)26-18-4-3-5-19(11-18)27-24(31)17-10-23(30)28(14-17)9-8-16-13-25-22-7-6-20(32-2)12-21(16)22/h3-7,11-13,17,25H,8-10,14H2,1-2H3,(H,26,29)(H,27,31). The molecular formula is C24H26N4O4. The Morgan fingerprint density at radius 1 is 1.16 bits per heavy atom. The molecule has 3 N–H and O–H groups in total. The highest BCUT2D eigenvalue weighted by atomic mass is 16.5. The van der Waals surface area contributed by atoms with Crippen molar-refractivity contribution in [2.45, 2.75) is 19.8 Å². The van der Waals surface area contributed by atoms with E-state index in [1.165, 1.54) is 6.92 Å². The van der Waals surface area contributed by atoms with Gasteiger partial charge in [0.15, 0.2) is 0 Å². The van der Waals surface area contributed by atoms with Crippen molar-refractivity contribution >= 4 is 40.0 Å². The number of carbonyl (C=O) groups excluding carboxylic acids is 3. The number of fused-ring (bicyclic) bond motifs is 1. The van der Waals surface area contributed by atoms with E-state index in [1.54, 1.807) is 36.3 Å². The van der Waals surface area contributed by atoms with Gasteiger partial charge in [-0.15, -0.1) is 0 Å². The van der Waals surface area contributed by atoms with Crippen molar-refractivity contribution in [2.75, 3.05) is 30.8 Å². The second-order valence-corrected chi connectivity index (χ2v) is 7.97. The van der Waals surface area contributed by atoms with Crippen LogP contribution < -0.4 is 15.4 Å². The number of hydrogen-bond donors (Lipinski definition) is 3. The van der Waals surface area contributed by atoms with Crippen LogP contribution in [0, 0.1) is 5.92 Å². The van der Waals surface area contributed by atoms with Gasteiger partial charge in [-0.05, 0) is 48.4 Å². The van der Waals surface area contributed by atoms with Crippen LogP contribution in [0.4, 0.5) is 11.4 Å². The first-order valence-electron chi connectivity index (χ1n) is 10.5. The summed E-state index contributed by atoms with van der Waals surface area (Å²) in [5.74, 6) is -0.0173. The van der Waals surface area contributed by atoms with Crippen molar-refractivity contribution in [2.24, 2.45) is 5.92 Å². The first kappa shape index (κ1) is 21.4. The number of aromatic amines is 1. The number of amides is 3. The average molecular weight is 434 g/mol. The molecule has 0 saturated carbocycles. The molecule has 2 aromatic carbocycles. The maximum atomic E-state index is 12.7. The maximum Gasteiger partial charge on any atom is 0.229 e. The first-order chi connectivity index (χ1) is 15.4. The summed E-state index contributed by atoms with van der Waals surface area (Å²) in [6, 6.07) is 12.8. The van der Waals surface area contributed by atoms with Crippen LogP contribution in [0.25, 0.3) is 10.9 Å². The van der Waals surface area contributed by atoms with Gasteiger partial charge in [0, 0.05) is 54.9 Å². The lowest BCUT2D eigenvalue weighted by Gasteiger charge is -2.16. The summed E-state index contributed by atoms with van der Waals surface area (Å²) >= 11 is 0. The van der Waals surface area contributed by atoms with E-state index >= 15 is 0 Å². The smallest absolute Gasteiger partial charge is 0.229 e. The van der Waals surface area contributed by atoms with E-state index < -0.39 is 5.92 Å². The number of ether oxygens (including phenoxy) is 1. The first-order valence-corrected chi connectivity index (χ1v) is 10.5. The molecule has 1 aliphatic rings. The highest BCUT2D eigenvalue weighted by Gasteiger charge is 2.34. The molecule has 8 nitrogen and oxygen atoms in total. The minimum atomic E-state index is -0.407. The number of anilines is 2. The summed E-state index contributed by atoms with van der Waals surface area (Å²) in [6.45, 7) is 2.36. The minimum absolute atomic E-state index is 0.0189. The number of likely N-dealkylation sites (tertiary alicyclic amines) is 1. The zero-order valence-electron chi connectivity index (χ0n) is 18.1.